The first-order valence-corrected chi connectivity index (χ1v) is 9.69. The first-order valence-electron chi connectivity index (χ1n) is 6.82. The van der Waals surface area contributed by atoms with Gasteiger partial charge in [0.15, 0.2) is 0 Å². The second-order valence-corrected chi connectivity index (χ2v) is 7.90. The molecule has 2 rings (SSSR count). The zero-order valence-electron chi connectivity index (χ0n) is 11.9. The van der Waals surface area contributed by atoms with Gasteiger partial charge in [0, 0.05) is 12.6 Å². The molecule has 0 spiro atoms. The van der Waals surface area contributed by atoms with Gasteiger partial charge in [-0.3, -0.25) is 0 Å². The molecule has 1 aliphatic carbocycles. The summed E-state index contributed by atoms with van der Waals surface area (Å²) in [5.41, 5.74) is 0. The predicted octanol–water partition coefficient (Wildman–Crippen LogP) is 1.81. The highest BCUT2D eigenvalue weighted by Crippen LogP contribution is 2.20. The second kappa shape index (κ2) is 6.98. The molecule has 0 aromatic carbocycles. The van der Waals surface area contributed by atoms with Crippen molar-refractivity contribution in [2.24, 2.45) is 5.92 Å². The number of rotatable bonds is 9. The normalized spacial score (nSPS) is 17.3. The average molecular weight is 318 g/mol. The molecule has 1 aromatic rings. The first-order chi connectivity index (χ1) is 9.51. The number of hydrogen-bond acceptors (Lipinski definition) is 5. The van der Waals surface area contributed by atoms with Crippen LogP contribution in [-0.4, -0.2) is 33.0 Å². The molecule has 5 nitrogen and oxygen atoms in total. The van der Waals surface area contributed by atoms with Crippen molar-refractivity contribution in [1.29, 1.82) is 0 Å². The van der Waals surface area contributed by atoms with Crippen LogP contribution in [0.15, 0.2) is 21.6 Å². The first kappa shape index (κ1) is 15.9. The number of furan rings is 1. The Morgan fingerprint density at radius 2 is 2.20 bits per heavy atom. The van der Waals surface area contributed by atoms with Crippen molar-refractivity contribution in [2.75, 3.05) is 18.6 Å². The van der Waals surface area contributed by atoms with E-state index < -0.39 is 10.0 Å². The van der Waals surface area contributed by atoms with Crippen molar-refractivity contribution in [3.63, 3.8) is 0 Å². The minimum atomic E-state index is -3.53. The third-order valence-corrected chi connectivity index (χ3v) is 5.32. The Bertz CT molecular complexity index is 523. The number of hydrogen-bond donors (Lipinski definition) is 2. The zero-order valence-corrected chi connectivity index (χ0v) is 13.5. The van der Waals surface area contributed by atoms with Gasteiger partial charge in [0.25, 0.3) is 10.0 Å². The van der Waals surface area contributed by atoms with Crippen LogP contribution in [0.4, 0.5) is 0 Å². The molecule has 0 saturated heterocycles. The quantitative estimate of drug-likeness (QED) is 0.726. The Morgan fingerprint density at radius 1 is 1.45 bits per heavy atom. The van der Waals surface area contributed by atoms with Crippen LogP contribution in [0.2, 0.25) is 0 Å². The summed E-state index contributed by atoms with van der Waals surface area (Å²) >= 11 is 1.71. The number of nitrogens with one attached hydrogen (secondary N) is 2. The molecule has 2 N–H and O–H groups in total. The molecule has 20 heavy (non-hydrogen) atoms. The highest BCUT2D eigenvalue weighted by atomic mass is 32.2. The number of sulfonamides is 1. The summed E-state index contributed by atoms with van der Waals surface area (Å²) < 4.78 is 32.1. The SMILES string of the molecule is CSCC(C)CNS(=O)(=O)c1ccc(CNC2CC2)o1. The van der Waals surface area contributed by atoms with Crippen molar-refractivity contribution < 1.29 is 12.8 Å². The summed E-state index contributed by atoms with van der Waals surface area (Å²) in [4.78, 5) is 0. The minimum absolute atomic E-state index is 0.00134. The highest BCUT2D eigenvalue weighted by Gasteiger charge is 2.22. The summed E-state index contributed by atoms with van der Waals surface area (Å²) in [7, 11) is -3.53. The van der Waals surface area contributed by atoms with Gasteiger partial charge in [0.2, 0.25) is 5.09 Å². The molecule has 0 radical (unpaired) electrons. The summed E-state index contributed by atoms with van der Waals surface area (Å²) in [5, 5.41) is 3.29. The topological polar surface area (TPSA) is 71.3 Å². The maximum absolute atomic E-state index is 12.1. The van der Waals surface area contributed by atoms with Gasteiger partial charge < -0.3 is 9.73 Å². The standard InChI is InChI=1S/C13H22N2O3S2/c1-10(9-19-2)7-15-20(16,17)13-6-5-12(18-13)8-14-11-3-4-11/h5-6,10-11,14-15H,3-4,7-9H2,1-2H3. The molecule has 0 bridgehead atoms. The van der Waals surface area contributed by atoms with Crippen LogP contribution in [0.5, 0.6) is 0 Å². The van der Waals surface area contributed by atoms with Gasteiger partial charge in [-0.15, -0.1) is 0 Å². The van der Waals surface area contributed by atoms with Gasteiger partial charge >= 0.3 is 0 Å². The van der Waals surface area contributed by atoms with E-state index in [0.29, 0.717) is 30.8 Å². The Kier molecular flexibility index (Phi) is 5.54. The third kappa shape index (κ3) is 4.80. The number of thioether (sulfide) groups is 1. The van der Waals surface area contributed by atoms with Gasteiger partial charge in [-0.1, -0.05) is 6.92 Å². The van der Waals surface area contributed by atoms with Gasteiger partial charge in [-0.05, 0) is 42.9 Å². The largest absolute Gasteiger partial charge is 0.447 e. The Balaban J connectivity index is 1.87. The Labute approximate surface area is 124 Å². The molecule has 114 valence electrons. The molecule has 1 unspecified atom stereocenters. The second-order valence-electron chi connectivity index (χ2n) is 5.29. The van der Waals surface area contributed by atoms with E-state index in [1.807, 2.05) is 13.2 Å². The average Bonchev–Trinajstić information content (AvgIpc) is 3.11. The lowest BCUT2D eigenvalue weighted by atomic mass is 10.2. The fraction of sp³-hybridized carbons (Fsp3) is 0.692. The van der Waals surface area contributed by atoms with E-state index >= 15 is 0 Å². The van der Waals surface area contributed by atoms with Gasteiger partial charge in [-0.2, -0.15) is 11.8 Å². The molecule has 0 aliphatic heterocycles. The molecule has 1 aromatic heterocycles. The third-order valence-electron chi connectivity index (χ3n) is 3.12. The summed E-state index contributed by atoms with van der Waals surface area (Å²) in [5.74, 6) is 1.89. The maximum Gasteiger partial charge on any atom is 0.273 e. The van der Waals surface area contributed by atoms with E-state index in [1.54, 1.807) is 17.8 Å². The lowest BCUT2D eigenvalue weighted by molar-refractivity contribution is 0.398. The smallest absolute Gasteiger partial charge is 0.273 e. The molecule has 1 heterocycles. The van der Waals surface area contributed by atoms with Crippen LogP contribution in [0.1, 0.15) is 25.5 Å². The summed E-state index contributed by atoms with van der Waals surface area (Å²) in [6, 6.07) is 3.81. The van der Waals surface area contributed by atoms with Crippen molar-refractivity contribution in [1.82, 2.24) is 10.0 Å². The highest BCUT2D eigenvalue weighted by molar-refractivity contribution is 7.98. The van der Waals surface area contributed by atoms with Crippen molar-refractivity contribution in [3.05, 3.63) is 17.9 Å². The van der Waals surface area contributed by atoms with Crippen molar-refractivity contribution in [3.8, 4) is 0 Å². The lowest BCUT2D eigenvalue weighted by Gasteiger charge is -2.10. The summed E-state index contributed by atoms with van der Waals surface area (Å²) in [6.45, 7) is 3.04. The molecule has 1 atom stereocenters. The van der Waals surface area contributed by atoms with Crippen molar-refractivity contribution >= 4 is 21.8 Å². The fourth-order valence-corrected chi connectivity index (χ4v) is 3.59. The van der Waals surface area contributed by atoms with E-state index in [2.05, 4.69) is 10.0 Å². The Hall–Kier alpha value is -0.500. The van der Waals surface area contributed by atoms with Crippen LogP contribution >= 0.6 is 11.8 Å². The molecular weight excluding hydrogens is 296 g/mol. The monoisotopic (exact) mass is 318 g/mol. The molecule has 1 saturated carbocycles. The van der Waals surface area contributed by atoms with E-state index in [9.17, 15) is 8.42 Å². The molecule has 7 heteroatoms. The van der Waals surface area contributed by atoms with E-state index in [4.69, 9.17) is 4.42 Å². The predicted molar refractivity (Wildman–Crippen MR) is 81.3 cm³/mol. The van der Waals surface area contributed by atoms with E-state index in [-0.39, 0.29) is 5.09 Å². The van der Waals surface area contributed by atoms with Crippen molar-refractivity contribution in [2.45, 2.75) is 37.4 Å². The molecular formula is C13H22N2O3S2. The van der Waals surface area contributed by atoms with E-state index in [1.165, 1.54) is 18.9 Å². The van der Waals surface area contributed by atoms with Gasteiger partial charge in [0.1, 0.15) is 5.76 Å². The van der Waals surface area contributed by atoms with Crippen LogP contribution in [0.3, 0.4) is 0 Å². The molecule has 0 amide bonds. The lowest BCUT2D eigenvalue weighted by Crippen LogP contribution is -2.29. The van der Waals surface area contributed by atoms with Crippen LogP contribution < -0.4 is 10.0 Å². The van der Waals surface area contributed by atoms with Crippen LogP contribution in [-0.2, 0) is 16.6 Å². The molecule has 1 aliphatic rings. The van der Waals surface area contributed by atoms with Gasteiger partial charge in [-0.25, -0.2) is 13.1 Å². The summed E-state index contributed by atoms with van der Waals surface area (Å²) in [6.07, 6.45) is 4.40. The molecule has 1 fully saturated rings. The maximum atomic E-state index is 12.1. The van der Waals surface area contributed by atoms with Crippen LogP contribution in [0.25, 0.3) is 0 Å². The van der Waals surface area contributed by atoms with E-state index in [0.717, 1.165) is 5.75 Å². The minimum Gasteiger partial charge on any atom is -0.447 e. The Morgan fingerprint density at radius 3 is 2.85 bits per heavy atom. The van der Waals surface area contributed by atoms with Gasteiger partial charge in [0.05, 0.1) is 6.54 Å². The fourth-order valence-electron chi connectivity index (χ4n) is 1.80. The zero-order chi connectivity index (χ0) is 14.6. The van der Waals surface area contributed by atoms with Crippen LogP contribution in [0, 0.1) is 5.92 Å².